The molecule has 0 saturated heterocycles. The SMILES string of the molecule is CC(C)OC(=O)Nc1cc2cc[nH]c(=O)c2cc1Cl. The lowest BCUT2D eigenvalue weighted by Gasteiger charge is -2.11. The monoisotopic (exact) mass is 280 g/mol. The Labute approximate surface area is 114 Å². The van der Waals surface area contributed by atoms with E-state index in [9.17, 15) is 9.59 Å². The van der Waals surface area contributed by atoms with Crippen LogP contribution in [-0.4, -0.2) is 17.2 Å². The standard InChI is InChI=1S/C13H13ClN2O3/c1-7(2)19-13(18)16-11-5-8-3-4-15-12(17)9(8)6-10(11)14/h3-7H,1-2H3,(H,15,17)(H,16,18). The van der Waals surface area contributed by atoms with E-state index < -0.39 is 6.09 Å². The number of aromatic nitrogens is 1. The molecule has 0 radical (unpaired) electrons. The number of nitrogens with one attached hydrogen (secondary N) is 2. The number of fused-ring (bicyclic) bond motifs is 1. The molecule has 1 aromatic carbocycles. The third-order valence-electron chi connectivity index (χ3n) is 2.44. The number of H-pyrrole nitrogens is 1. The number of anilines is 1. The average Bonchev–Trinajstić information content (AvgIpc) is 2.30. The van der Waals surface area contributed by atoms with Gasteiger partial charge < -0.3 is 9.72 Å². The van der Waals surface area contributed by atoms with Crippen molar-refractivity contribution in [1.82, 2.24) is 4.98 Å². The van der Waals surface area contributed by atoms with Gasteiger partial charge in [-0.2, -0.15) is 0 Å². The van der Waals surface area contributed by atoms with E-state index in [1.807, 2.05) is 0 Å². The molecule has 2 rings (SSSR count). The molecule has 0 aliphatic rings. The molecule has 1 heterocycles. The molecule has 0 spiro atoms. The Morgan fingerprint density at radius 1 is 1.42 bits per heavy atom. The smallest absolute Gasteiger partial charge is 0.411 e. The first-order valence-corrected chi connectivity index (χ1v) is 6.14. The van der Waals surface area contributed by atoms with Crippen LogP contribution in [0.1, 0.15) is 13.8 Å². The van der Waals surface area contributed by atoms with Gasteiger partial charge in [-0.1, -0.05) is 11.6 Å². The zero-order valence-electron chi connectivity index (χ0n) is 10.5. The lowest BCUT2D eigenvalue weighted by Crippen LogP contribution is -2.18. The molecule has 19 heavy (non-hydrogen) atoms. The van der Waals surface area contributed by atoms with Crippen molar-refractivity contribution in [2.75, 3.05) is 5.32 Å². The molecule has 0 aliphatic carbocycles. The summed E-state index contributed by atoms with van der Waals surface area (Å²) < 4.78 is 4.97. The van der Waals surface area contributed by atoms with E-state index in [2.05, 4.69) is 10.3 Å². The van der Waals surface area contributed by atoms with Crippen LogP contribution < -0.4 is 10.9 Å². The summed E-state index contributed by atoms with van der Waals surface area (Å²) >= 11 is 6.03. The van der Waals surface area contributed by atoms with Crippen LogP contribution >= 0.6 is 11.6 Å². The number of hydrogen-bond acceptors (Lipinski definition) is 3. The Kier molecular flexibility index (Phi) is 3.76. The second kappa shape index (κ2) is 5.32. The third kappa shape index (κ3) is 3.06. The molecule has 2 N–H and O–H groups in total. The lowest BCUT2D eigenvalue weighted by atomic mass is 10.1. The van der Waals surface area contributed by atoms with Crippen molar-refractivity contribution in [2.45, 2.75) is 20.0 Å². The highest BCUT2D eigenvalue weighted by Crippen LogP contribution is 2.26. The fourth-order valence-corrected chi connectivity index (χ4v) is 1.87. The number of halogens is 1. The van der Waals surface area contributed by atoms with Gasteiger partial charge in [-0.3, -0.25) is 10.1 Å². The van der Waals surface area contributed by atoms with Crippen molar-refractivity contribution in [3.63, 3.8) is 0 Å². The molecule has 0 aliphatic heterocycles. The van der Waals surface area contributed by atoms with E-state index in [0.29, 0.717) is 16.5 Å². The van der Waals surface area contributed by atoms with Gasteiger partial charge in [-0.15, -0.1) is 0 Å². The Morgan fingerprint density at radius 3 is 2.84 bits per heavy atom. The Morgan fingerprint density at radius 2 is 2.16 bits per heavy atom. The Hall–Kier alpha value is -2.01. The summed E-state index contributed by atoms with van der Waals surface area (Å²) in [4.78, 5) is 25.7. The summed E-state index contributed by atoms with van der Waals surface area (Å²) in [5.74, 6) is 0. The van der Waals surface area contributed by atoms with Crippen molar-refractivity contribution < 1.29 is 9.53 Å². The van der Waals surface area contributed by atoms with Gasteiger partial charge in [-0.25, -0.2) is 4.79 Å². The van der Waals surface area contributed by atoms with Crippen LogP contribution in [0.3, 0.4) is 0 Å². The molecule has 1 aromatic heterocycles. The van der Waals surface area contributed by atoms with Gasteiger partial charge >= 0.3 is 6.09 Å². The summed E-state index contributed by atoms with van der Waals surface area (Å²) in [5, 5.41) is 3.99. The zero-order chi connectivity index (χ0) is 14.0. The number of hydrogen-bond donors (Lipinski definition) is 2. The third-order valence-corrected chi connectivity index (χ3v) is 2.75. The summed E-state index contributed by atoms with van der Waals surface area (Å²) in [5.41, 5.74) is 0.182. The number of ether oxygens (including phenoxy) is 1. The van der Waals surface area contributed by atoms with Crippen LogP contribution in [0.15, 0.2) is 29.2 Å². The second-order valence-corrected chi connectivity index (χ2v) is 4.71. The van der Waals surface area contributed by atoms with Crippen molar-refractivity contribution in [3.8, 4) is 0 Å². The number of aromatic amines is 1. The van der Waals surface area contributed by atoms with Gasteiger partial charge in [-0.05, 0) is 37.4 Å². The average molecular weight is 281 g/mol. The van der Waals surface area contributed by atoms with Crippen molar-refractivity contribution in [3.05, 3.63) is 39.8 Å². The number of amides is 1. The number of carbonyl (C=O) groups excluding carboxylic acids is 1. The van der Waals surface area contributed by atoms with Crippen LogP contribution in [0.2, 0.25) is 5.02 Å². The Balaban J connectivity index is 2.37. The van der Waals surface area contributed by atoms with E-state index in [1.54, 1.807) is 26.0 Å². The highest BCUT2D eigenvalue weighted by atomic mass is 35.5. The quantitative estimate of drug-likeness (QED) is 0.888. The molecular formula is C13H13ClN2O3. The molecule has 0 atom stereocenters. The molecule has 5 nitrogen and oxygen atoms in total. The fourth-order valence-electron chi connectivity index (χ4n) is 1.66. The summed E-state index contributed by atoms with van der Waals surface area (Å²) in [6.45, 7) is 3.50. The van der Waals surface area contributed by atoms with Gasteiger partial charge in [0, 0.05) is 11.6 Å². The molecule has 0 unspecified atom stereocenters. The largest absolute Gasteiger partial charge is 0.447 e. The van der Waals surface area contributed by atoms with Crippen molar-refractivity contribution in [2.24, 2.45) is 0 Å². The van der Waals surface area contributed by atoms with E-state index >= 15 is 0 Å². The molecular weight excluding hydrogens is 268 g/mol. The number of carbonyl (C=O) groups is 1. The number of pyridine rings is 1. The van der Waals surface area contributed by atoms with Crippen LogP contribution in [0.5, 0.6) is 0 Å². The van der Waals surface area contributed by atoms with Crippen LogP contribution in [0.4, 0.5) is 10.5 Å². The van der Waals surface area contributed by atoms with Crippen LogP contribution in [-0.2, 0) is 4.74 Å². The molecule has 6 heteroatoms. The maximum atomic E-state index is 11.6. The van der Waals surface area contributed by atoms with E-state index in [4.69, 9.17) is 16.3 Å². The number of benzene rings is 1. The number of rotatable bonds is 2. The minimum absolute atomic E-state index is 0.220. The highest BCUT2D eigenvalue weighted by Gasteiger charge is 2.10. The predicted octanol–water partition coefficient (Wildman–Crippen LogP) is 3.14. The minimum Gasteiger partial charge on any atom is -0.447 e. The zero-order valence-corrected chi connectivity index (χ0v) is 11.2. The first kappa shape index (κ1) is 13.4. The molecule has 1 amide bonds. The maximum Gasteiger partial charge on any atom is 0.411 e. The minimum atomic E-state index is -0.582. The van der Waals surface area contributed by atoms with E-state index in [0.717, 1.165) is 0 Å². The lowest BCUT2D eigenvalue weighted by molar-refractivity contribution is 0.130. The van der Waals surface area contributed by atoms with Gasteiger partial charge in [0.1, 0.15) is 0 Å². The highest BCUT2D eigenvalue weighted by molar-refractivity contribution is 6.34. The molecule has 100 valence electrons. The van der Waals surface area contributed by atoms with Crippen molar-refractivity contribution >= 4 is 34.2 Å². The molecule has 0 saturated carbocycles. The molecule has 0 bridgehead atoms. The van der Waals surface area contributed by atoms with Crippen LogP contribution in [0, 0.1) is 0 Å². The van der Waals surface area contributed by atoms with Gasteiger partial charge in [0.2, 0.25) is 0 Å². The van der Waals surface area contributed by atoms with Gasteiger partial charge in [0.05, 0.1) is 16.8 Å². The van der Waals surface area contributed by atoms with Crippen molar-refractivity contribution in [1.29, 1.82) is 0 Å². The van der Waals surface area contributed by atoms with E-state index in [-0.39, 0.29) is 16.7 Å². The van der Waals surface area contributed by atoms with Gasteiger partial charge in [0.15, 0.2) is 0 Å². The first-order valence-electron chi connectivity index (χ1n) is 5.76. The predicted molar refractivity (Wildman–Crippen MR) is 74.8 cm³/mol. The Bertz CT molecular complexity index is 679. The first-order chi connectivity index (χ1) is 8.97. The van der Waals surface area contributed by atoms with Gasteiger partial charge in [0.25, 0.3) is 5.56 Å². The maximum absolute atomic E-state index is 11.6. The topological polar surface area (TPSA) is 71.2 Å². The second-order valence-electron chi connectivity index (χ2n) is 4.31. The molecule has 0 fully saturated rings. The fraction of sp³-hybridized carbons (Fsp3) is 0.231. The molecule has 2 aromatic rings. The normalized spacial score (nSPS) is 10.7. The summed E-state index contributed by atoms with van der Waals surface area (Å²) in [6, 6.07) is 4.88. The summed E-state index contributed by atoms with van der Waals surface area (Å²) in [7, 11) is 0. The summed E-state index contributed by atoms with van der Waals surface area (Å²) in [6.07, 6.45) is 0.734. The van der Waals surface area contributed by atoms with E-state index in [1.165, 1.54) is 12.3 Å². The van der Waals surface area contributed by atoms with Crippen LogP contribution in [0.25, 0.3) is 10.8 Å².